The molecule has 4 fully saturated rings. The first-order valence-corrected chi connectivity index (χ1v) is 7.30. The van der Waals surface area contributed by atoms with Crippen LogP contribution in [-0.2, 0) is 0 Å². The van der Waals surface area contributed by atoms with Crippen molar-refractivity contribution in [2.75, 3.05) is 5.32 Å². The van der Waals surface area contributed by atoms with E-state index in [4.69, 9.17) is 0 Å². The Bertz CT molecular complexity index is 428. The molecule has 1 nitrogen and oxygen atoms in total. The monoisotopic (exact) mass is 245 g/mol. The number of benzene rings is 1. The Kier molecular flexibility index (Phi) is 2.39. The van der Waals surface area contributed by atoms with Gasteiger partial charge in [0, 0.05) is 11.7 Å². The molecule has 0 amide bonds. The molecular weight excluding hydrogens is 225 g/mol. The zero-order valence-electron chi connectivity index (χ0n) is 10.6. The van der Waals surface area contributed by atoms with Crippen LogP contribution in [0.2, 0.25) is 0 Å². The molecule has 2 heteroatoms. The molecule has 0 radical (unpaired) electrons. The average molecular weight is 245 g/mol. The summed E-state index contributed by atoms with van der Waals surface area (Å²) in [5, 5.41) is 3.62. The molecule has 4 aliphatic carbocycles. The molecule has 0 spiro atoms. The summed E-state index contributed by atoms with van der Waals surface area (Å²) in [6.07, 6.45) is 7.10. The first-order chi connectivity index (χ1) is 8.78. The van der Waals surface area contributed by atoms with Gasteiger partial charge in [-0.05, 0) is 74.0 Å². The fourth-order valence-electron chi connectivity index (χ4n) is 4.93. The van der Waals surface area contributed by atoms with E-state index in [-0.39, 0.29) is 5.82 Å². The smallest absolute Gasteiger partial charge is 0.125 e. The molecule has 0 aromatic heterocycles. The van der Waals surface area contributed by atoms with Gasteiger partial charge in [-0.1, -0.05) is 6.07 Å². The molecule has 5 rings (SSSR count). The number of nitrogens with one attached hydrogen (secondary N) is 1. The van der Waals surface area contributed by atoms with Gasteiger partial charge in [0.2, 0.25) is 0 Å². The SMILES string of the molecule is Fc1cccc(NC2C3CC4CC(C3)CC2C4)c1. The molecule has 0 heterocycles. The third kappa shape index (κ3) is 1.73. The third-order valence-corrected chi connectivity index (χ3v) is 5.38. The van der Waals surface area contributed by atoms with Gasteiger partial charge in [-0.2, -0.15) is 0 Å². The van der Waals surface area contributed by atoms with E-state index in [1.54, 1.807) is 12.1 Å². The Hall–Kier alpha value is -1.05. The quantitative estimate of drug-likeness (QED) is 0.828. The zero-order valence-corrected chi connectivity index (χ0v) is 10.6. The van der Waals surface area contributed by atoms with Crippen molar-refractivity contribution in [3.8, 4) is 0 Å². The van der Waals surface area contributed by atoms with Crippen molar-refractivity contribution in [2.24, 2.45) is 23.7 Å². The van der Waals surface area contributed by atoms with Gasteiger partial charge >= 0.3 is 0 Å². The summed E-state index contributed by atoms with van der Waals surface area (Å²) < 4.78 is 13.2. The van der Waals surface area contributed by atoms with E-state index in [0.29, 0.717) is 6.04 Å². The molecule has 4 aliphatic rings. The zero-order chi connectivity index (χ0) is 12.1. The predicted octanol–water partition coefficient (Wildman–Crippen LogP) is 4.06. The molecule has 0 unspecified atom stereocenters. The molecule has 1 aromatic carbocycles. The Morgan fingerprint density at radius 1 is 0.944 bits per heavy atom. The number of rotatable bonds is 2. The molecule has 96 valence electrons. The summed E-state index contributed by atoms with van der Waals surface area (Å²) in [7, 11) is 0. The van der Waals surface area contributed by atoms with Crippen molar-refractivity contribution < 1.29 is 4.39 Å². The van der Waals surface area contributed by atoms with Crippen LogP contribution in [0.15, 0.2) is 24.3 Å². The third-order valence-electron chi connectivity index (χ3n) is 5.38. The number of hydrogen-bond acceptors (Lipinski definition) is 1. The highest BCUT2D eigenvalue weighted by Gasteiger charge is 2.48. The highest BCUT2D eigenvalue weighted by molar-refractivity contribution is 5.44. The van der Waals surface area contributed by atoms with E-state index in [1.807, 2.05) is 6.07 Å². The minimum Gasteiger partial charge on any atom is -0.382 e. The van der Waals surface area contributed by atoms with Crippen LogP contribution < -0.4 is 5.32 Å². The van der Waals surface area contributed by atoms with Crippen LogP contribution in [0.25, 0.3) is 0 Å². The van der Waals surface area contributed by atoms with Crippen LogP contribution in [0.4, 0.5) is 10.1 Å². The van der Waals surface area contributed by atoms with Gasteiger partial charge in [-0.3, -0.25) is 0 Å². The summed E-state index contributed by atoms with van der Waals surface area (Å²) in [6.45, 7) is 0. The Balaban J connectivity index is 1.55. The highest BCUT2D eigenvalue weighted by atomic mass is 19.1. The highest BCUT2D eigenvalue weighted by Crippen LogP contribution is 2.54. The fraction of sp³-hybridized carbons (Fsp3) is 0.625. The predicted molar refractivity (Wildman–Crippen MR) is 70.9 cm³/mol. The topological polar surface area (TPSA) is 12.0 Å². The Morgan fingerprint density at radius 3 is 2.22 bits per heavy atom. The lowest BCUT2D eigenvalue weighted by atomic mass is 9.54. The van der Waals surface area contributed by atoms with Gasteiger partial charge in [0.1, 0.15) is 5.82 Å². The molecule has 0 atom stereocenters. The lowest BCUT2D eigenvalue weighted by molar-refractivity contribution is 0.00753. The lowest BCUT2D eigenvalue weighted by Gasteiger charge is -2.54. The molecule has 4 bridgehead atoms. The second-order valence-electron chi connectivity index (χ2n) is 6.61. The van der Waals surface area contributed by atoms with Crippen LogP contribution in [0.3, 0.4) is 0 Å². The van der Waals surface area contributed by atoms with Crippen molar-refractivity contribution in [3.05, 3.63) is 30.1 Å². The molecule has 18 heavy (non-hydrogen) atoms. The van der Waals surface area contributed by atoms with Gasteiger partial charge < -0.3 is 5.32 Å². The standard InChI is InChI=1S/C16H20FN/c17-14-2-1-3-15(9-14)18-16-12-5-10-4-11(7-12)8-13(16)6-10/h1-3,9-13,16,18H,4-8H2. The normalized spacial score (nSPS) is 41.1. The van der Waals surface area contributed by atoms with Crippen LogP contribution in [0.1, 0.15) is 32.1 Å². The number of anilines is 1. The number of halogens is 1. The Morgan fingerprint density at radius 2 is 1.61 bits per heavy atom. The van der Waals surface area contributed by atoms with Gasteiger partial charge in [-0.25, -0.2) is 4.39 Å². The van der Waals surface area contributed by atoms with E-state index in [9.17, 15) is 4.39 Å². The Labute approximate surface area is 108 Å². The summed E-state index contributed by atoms with van der Waals surface area (Å²) in [6, 6.07) is 7.54. The van der Waals surface area contributed by atoms with Crippen molar-refractivity contribution in [3.63, 3.8) is 0 Å². The molecule has 1 aromatic rings. The van der Waals surface area contributed by atoms with Crippen LogP contribution >= 0.6 is 0 Å². The van der Waals surface area contributed by atoms with E-state index < -0.39 is 0 Å². The maximum absolute atomic E-state index is 13.2. The average Bonchev–Trinajstić information content (AvgIpc) is 2.33. The molecule has 1 N–H and O–H groups in total. The first kappa shape index (κ1) is 10.8. The van der Waals surface area contributed by atoms with Crippen LogP contribution in [0, 0.1) is 29.5 Å². The van der Waals surface area contributed by atoms with Gasteiger partial charge in [0.15, 0.2) is 0 Å². The molecular formula is C16H20FN. The van der Waals surface area contributed by atoms with Crippen LogP contribution in [0.5, 0.6) is 0 Å². The van der Waals surface area contributed by atoms with E-state index in [1.165, 1.54) is 38.2 Å². The molecule has 0 saturated heterocycles. The van der Waals surface area contributed by atoms with Crippen molar-refractivity contribution >= 4 is 5.69 Å². The second kappa shape index (κ2) is 3.97. The van der Waals surface area contributed by atoms with Gasteiger partial charge in [-0.15, -0.1) is 0 Å². The summed E-state index contributed by atoms with van der Waals surface area (Å²) >= 11 is 0. The van der Waals surface area contributed by atoms with Crippen molar-refractivity contribution in [1.82, 2.24) is 0 Å². The number of hydrogen-bond donors (Lipinski definition) is 1. The molecule has 0 aliphatic heterocycles. The van der Waals surface area contributed by atoms with Crippen molar-refractivity contribution in [2.45, 2.75) is 38.1 Å². The molecule has 4 saturated carbocycles. The summed E-state index contributed by atoms with van der Waals surface area (Å²) in [5.41, 5.74) is 0.965. The summed E-state index contributed by atoms with van der Waals surface area (Å²) in [5.74, 6) is 3.54. The van der Waals surface area contributed by atoms with Gasteiger partial charge in [0.05, 0.1) is 0 Å². The van der Waals surface area contributed by atoms with Crippen molar-refractivity contribution in [1.29, 1.82) is 0 Å². The first-order valence-electron chi connectivity index (χ1n) is 7.30. The second-order valence-corrected chi connectivity index (χ2v) is 6.61. The van der Waals surface area contributed by atoms with Crippen LogP contribution in [-0.4, -0.2) is 6.04 Å². The lowest BCUT2D eigenvalue weighted by Crippen LogP contribution is -2.51. The maximum Gasteiger partial charge on any atom is 0.125 e. The van der Waals surface area contributed by atoms with Gasteiger partial charge in [0.25, 0.3) is 0 Å². The minimum absolute atomic E-state index is 0.135. The largest absolute Gasteiger partial charge is 0.382 e. The van der Waals surface area contributed by atoms with E-state index in [2.05, 4.69) is 5.32 Å². The summed E-state index contributed by atoms with van der Waals surface area (Å²) in [4.78, 5) is 0. The van der Waals surface area contributed by atoms with E-state index in [0.717, 1.165) is 29.4 Å². The van der Waals surface area contributed by atoms with E-state index >= 15 is 0 Å². The minimum atomic E-state index is -0.135. The fourth-order valence-corrected chi connectivity index (χ4v) is 4.93. The maximum atomic E-state index is 13.2.